The monoisotopic (exact) mass is 289 g/mol. The van der Waals surface area contributed by atoms with E-state index in [4.69, 9.17) is 18.0 Å². The molecule has 2 rings (SSSR count). The first-order valence-corrected chi connectivity index (χ1v) is 9.40. The number of hydrogen-bond donors (Lipinski definition) is 0. The topological polar surface area (TPSA) is 40.2 Å². The van der Waals surface area contributed by atoms with Gasteiger partial charge in [-0.05, 0) is 26.8 Å². The smallest absolute Gasteiger partial charge is 0.379 e. The number of fused-ring (bicyclic) bond motifs is 2. The molecular formula is C13H27NO4Si. The number of rotatable bonds is 3. The zero-order valence-corrected chi connectivity index (χ0v) is 13.4. The van der Waals surface area contributed by atoms with Crippen molar-refractivity contribution >= 4 is 8.80 Å². The minimum Gasteiger partial charge on any atom is -0.379 e. The van der Waals surface area contributed by atoms with E-state index in [1.807, 2.05) is 6.92 Å². The molecular weight excluding hydrogens is 262 g/mol. The van der Waals surface area contributed by atoms with E-state index in [9.17, 15) is 0 Å². The van der Waals surface area contributed by atoms with Crippen LogP contribution in [0.2, 0.25) is 6.04 Å². The fourth-order valence-corrected chi connectivity index (χ4v) is 5.74. The Hall–Kier alpha value is 0.0169. The van der Waals surface area contributed by atoms with E-state index in [0.717, 1.165) is 38.7 Å². The van der Waals surface area contributed by atoms with Crippen molar-refractivity contribution in [1.29, 1.82) is 0 Å². The van der Waals surface area contributed by atoms with Gasteiger partial charge in [-0.1, -0.05) is 6.92 Å². The second-order valence-corrected chi connectivity index (χ2v) is 7.94. The zero-order valence-electron chi connectivity index (χ0n) is 12.4. The highest BCUT2D eigenvalue weighted by molar-refractivity contribution is 6.60. The lowest BCUT2D eigenvalue weighted by Crippen LogP contribution is -2.58. The van der Waals surface area contributed by atoms with Crippen molar-refractivity contribution in [1.82, 2.24) is 4.90 Å². The van der Waals surface area contributed by atoms with Crippen LogP contribution in [0.15, 0.2) is 0 Å². The molecule has 0 saturated carbocycles. The standard InChI is InChI=1S/C13H27NO4Si/c1-4-14-9-12(3)17-19(16-5-2)8-6-7-15-11-13(10-14)18-19/h12-13H,4-11H2,1-3H3. The average molecular weight is 289 g/mol. The molecule has 0 amide bonds. The molecule has 0 aromatic heterocycles. The van der Waals surface area contributed by atoms with Crippen molar-refractivity contribution in [3.63, 3.8) is 0 Å². The molecule has 0 N–H and O–H groups in total. The first-order valence-electron chi connectivity index (χ1n) is 7.47. The Labute approximate surface area is 117 Å². The molecule has 2 aliphatic rings. The van der Waals surface area contributed by atoms with Crippen molar-refractivity contribution in [2.45, 2.75) is 45.4 Å². The highest BCUT2D eigenvalue weighted by Gasteiger charge is 2.46. The van der Waals surface area contributed by atoms with Crippen molar-refractivity contribution in [2.24, 2.45) is 0 Å². The number of ether oxygens (including phenoxy) is 1. The second kappa shape index (κ2) is 7.15. The highest BCUT2D eigenvalue weighted by atomic mass is 28.4. The van der Waals surface area contributed by atoms with Gasteiger partial charge in [0.05, 0.1) is 18.8 Å². The van der Waals surface area contributed by atoms with Crippen LogP contribution in [0.4, 0.5) is 0 Å². The van der Waals surface area contributed by atoms with Gasteiger partial charge in [0.1, 0.15) is 0 Å². The molecule has 2 fully saturated rings. The zero-order chi connectivity index (χ0) is 13.7. The van der Waals surface area contributed by atoms with Crippen LogP contribution in [-0.2, 0) is 18.0 Å². The third-order valence-corrected chi connectivity index (χ3v) is 6.74. The lowest BCUT2D eigenvalue weighted by molar-refractivity contribution is -0.0690. The van der Waals surface area contributed by atoms with Crippen molar-refractivity contribution in [3.8, 4) is 0 Å². The number of likely N-dealkylation sites (N-methyl/N-ethyl adjacent to an activating group) is 1. The quantitative estimate of drug-likeness (QED) is 0.737. The molecule has 3 unspecified atom stereocenters. The average Bonchev–Trinajstić information content (AvgIpc) is 2.32. The molecule has 0 aromatic carbocycles. The van der Waals surface area contributed by atoms with E-state index in [2.05, 4.69) is 18.7 Å². The summed E-state index contributed by atoms with van der Waals surface area (Å²) in [6.45, 7) is 11.3. The Kier molecular flexibility index (Phi) is 5.80. The van der Waals surface area contributed by atoms with Crippen molar-refractivity contribution in [2.75, 3.05) is 39.5 Å². The maximum absolute atomic E-state index is 6.29. The predicted octanol–water partition coefficient (Wildman–Crippen LogP) is 1.51. The lowest BCUT2D eigenvalue weighted by Gasteiger charge is -2.41. The Morgan fingerprint density at radius 1 is 1.26 bits per heavy atom. The number of nitrogens with zero attached hydrogens (tertiary/aromatic N) is 1. The molecule has 6 heteroatoms. The molecule has 0 spiro atoms. The first-order chi connectivity index (χ1) is 9.17. The summed E-state index contributed by atoms with van der Waals surface area (Å²) in [6, 6.07) is 0.869. The van der Waals surface area contributed by atoms with Crippen LogP contribution < -0.4 is 0 Å². The molecule has 0 aliphatic carbocycles. The Morgan fingerprint density at radius 2 is 2.11 bits per heavy atom. The summed E-state index contributed by atoms with van der Waals surface area (Å²) in [4.78, 5) is 2.37. The van der Waals surface area contributed by atoms with Crippen molar-refractivity contribution < 1.29 is 18.0 Å². The van der Waals surface area contributed by atoms with Crippen LogP contribution in [0.25, 0.3) is 0 Å². The summed E-state index contributed by atoms with van der Waals surface area (Å²) in [5, 5.41) is 0. The maximum Gasteiger partial charge on any atom is 0.501 e. The van der Waals surface area contributed by atoms with E-state index in [1.165, 1.54) is 0 Å². The Balaban J connectivity index is 2.14. The van der Waals surface area contributed by atoms with Crippen LogP contribution in [0, 0.1) is 0 Å². The largest absolute Gasteiger partial charge is 0.501 e. The third kappa shape index (κ3) is 4.24. The molecule has 2 heterocycles. The molecule has 0 aromatic rings. The molecule has 112 valence electrons. The lowest BCUT2D eigenvalue weighted by atomic mass is 10.3. The molecule has 2 aliphatic heterocycles. The van der Waals surface area contributed by atoms with Crippen LogP contribution >= 0.6 is 0 Å². The van der Waals surface area contributed by atoms with Gasteiger partial charge in [-0.2, -0.15) is 0 Å². The molecule has 2 saturated heterocycles. The fraction of sp³-hybridized carbons (Fsp3) is 1.00. The summed E-state index contributed by atoms with van der Waals surface area (Å²) in [6.07, 6.45) is 1.20. The minimum atomic E-state index is -2.51. The van der Waals surface area contributed by atoms with Crippen LogP contribution in [0.5, 0.6) is 0 Å². The maximum atomic E-state index is 6.29. The van der Waals surface area contributed by atoms with E-state index < -0.39 is 8.80 Å². The molecule has 0 radical (unpaired) electrons. The number of hydrogen-bond acceptors (Lipinski definition) is 5. The Bertz CT molecular complexity index is 281. The summed E-state index contributed by atoms with van der Waals surface area (Å²) in [5.74, 6) is 0. The minimum absolute atomic E-state index is 0.0750. The summed E-state index contributed by atoms with van der Waals surface area (Å²) in [5.41, 5.74) is 0. The second-order valence-electron chi connectivity index (χ2n) is 5.32. The van der Waals surface area contributed by atoms with Gasteiger partial charge >= 0.3 is 8.80 Å². The van der Waals surface area contributed by atoms with Gasteiger partial charge in [0.2, 0.25) is 0 Å². The van der Waals surface area contributed by atoms with Crippen LogP contribution in [0.3, 0.4) is 0 Å². The molecule has 5 nitrogen and oxygen atoms in total. The van der Waals surface area contributed by atoms with E-state index in [-0.39, 0.29) is 12.2 Å². The van der Waals surface area contributed by atoms with Gasteiger partial charge in [0.15, 0.2) is 0 Å². The third-order valence-electron chi connectivity index (χ3n) is 3.59. The van der Waals surface area contributed by atoms with Gasteiger partial charge in [0.25, 0.3) is 0 Å². The van der Waals surface area contributed by atoms with E-state index in [1.54, 1.807) is 0 Å². The summed E-state index contributed by atoms with van der Waals surface area (Å²) < 4.78 is 24.2. The van der Waals surface area contributed by atoms with Crippen molar-refractivity contribution in [3.05, 3.63) is 0 Å². The molecule has 2 bridgehead atoms. The highest BCUT2D eigenvalue weighted by Crippen LogP contribution is 2.26. The van der Waals surface area contributed by atoms with Crippen LogP contribution in [-0.4, -0.2) is 65.4 Å². The van der Waals surface area contributed by atoms with Gasteiger partial charge in [-0.3, -0.25) is 4.90 Å². The fourth-order valence-electron chi connectivity index (χ4n) is 2.82. The predicted molar refractivity (Wildman–Crippen MR) is 75.2 cm³/mol. The SMILES string of the molecule is CCO[Si]12CCCOCC(CN(CC)CC(C)O1)O2. The van der Waals surface area contributed by atoms with Gasteiger partial charge in [0, 0.05) is 32.3 Å². The first kappa shape index (κ1) is 15.4. The summed E-state index contributed by atoms with van der Waals surface area (Å²) in [7, 11) is -2.51. The van der Waals surface area contributed by atoms with Crippen LogP contribution in [0.1, 0.15) is 27.2 Å². The normalized spacial score (nSPS) is 38.1. The van der Waals surface area contributed by atoms with Gasteiger partial charge < -0.3 is 18.0 Å². The van der Waals surface area contributed by atoms with Gasteiger partial charge in [-0.15, -0.1) is 0 Å². The van der Waals surface area contributed by atoms with E-state index in [0.29, 0.717) is 13.2 Å². The van der Waals surface area contributed by atoms with Gasteiger partial charge in [-0.25, -0.2) is 0 Å². The van der Waals surface area contributed by atoms with E-state index >= 15 is 0 Å². The molecule has 19 heavy (non-hydrogen) atoms. The molecule has 3 atom stereocenters. The Morgan fingerprint density at radius 3 is 2.84 bits per heavy atom. The summed E-state index contributed by atoms with van der Waals surface area (Å²) >= 11 is 0.